The van der Waals surface area contributed by atoms with Gasteiger partial charge in [0.1, 0.15) is 23.5 Å². The van der Waals surface area contributed by atoms with Crippen LogP contribution in [0.3, 0.4) is 0 Å². The summed E-state index contributed by atoms with van der Waals surface area (Å²) in [6.45, 7) is 9.54. The van der Waals surface area contributed by atoms with E-state index in [2.05, 4.69) is 42.2 Å². The predicted octanol–water partition coefficient (Wildman–Crippen LogP) is 4.59. The molecule has 1 aromatic heterocycles. The molecule has 2 N–H and O–H groups in total. The molecule has 4 heterocycles. The zero-order valence-electron chi connectivity index (χ0n) is 26.3. The third-order valence-corrected chi connectivity index (χ3v) is 9.65. The smallest absolute Gasteiger partial charge is 0.419 e. The van der Waals surface area contributed by atoms with Crippen molar-refractivity contribution in [1.82, 2.24) is 30.4 Å². The predicted molar refractivity (Wildman–Crippen MR) is 172 cm³/mol. The maximum absolute atomic E-state index is 14.1. The van der Waals surface area contributed by atoms with Crippen LogP contribution in [0.15, 0.2) is 35.5 Å². The number of alkyl halides is 3. The minimum Gasteiger partial charge on any atom is -0.493 e. The van der Waals surface area contributed by atoms with E-state index in [-0.39, 0.29) is 18.1 Å². The summed E-state index contributed by atoms with van der Waals surface area (Å²) in [4.78, 5) is 40.3. The molecule has 0 saturated carbocycles. The minimum absolute atomic E-state index is 0.146. The van der Waals surface area contributed by atoms with Gasteiger partial charge >= 0.3 is 6.18 Å². The summed E-state index contributed by atoms with van der Waals surface area (Å²) in [5, 5.41) is 6.22. The van der Waals surface area contributed by atoms with Crippen LogP contribution in [-0.2, 0) is 11.0 Å². The number of anilines is 1. The van der Waals surface area contributed by atoms with E-state index in [1.165, 1.54) is 24.0 Å². The summed E-state index contributed by atoms with van der Waals surface area (Å²) in [5.41, 5.74) is -0.328. The average Bonchev–Trinajstić information content (AvgIpc) is 3.69. The first-order chi connectivity index (χ1) is 22.2. The number of ether oxygens (including phenoxy) is 1. The number of carbonyl (C=O) groups is 2. The van der Waals surface area contributed by atoms with Crippen LogP contribution in [0.25, 0.3) is 5.70 Å². The van der Waals surface area contributed by atoms with E-state index in [0.717, 1.165) is 75.8 Å². The second-order valence-electron chi connectivity index (χ2n) is 11.7. The van der Waals surface area contributed by atoms with Gasteiger partial charge < -0.3 is 25.1 Å². The Balaban J connectivity index is 1.29. The van der Waals surface area contributed by atoms with E-state index in [4.69, 9.17) is 4.74 Å². The highest BCUT2D eigenvalue weighted by Crippen LogP contribution is 2.41. The van der Waals surface area contributed by atoms with Crippen molar-refractivity contribution < 1.29 is 27.5 Å². The summed E-state index contributed by atoms with van der Waals surface area (Å²) in [7, 11) is 0. The lowest BCUT2D eigenvalue weighted by Gasteiger charge is -2.34. The summed E-state index contributed by atoms with van der Waals surface area (Å²) in [6, 6.07) is 4.56. The van der Waals surface area contributed by atoms with Crippen molar-refractivity contribution >= 4 is 35.5 Å². The molecule has 5 rings (SSSR count). The van der Waals surface area contributed by atoms with Crippen molar-refractivity contribution in [3.8, 4) is 5.75 Å². The minimum atomic E-state index is -4.59. The fourth-order valence-electron chi connectivity index (χ4n) is 6.09. The lowest BCUT2D eigenvalue weighted by molar-refractivity contribution is -0.139. The van der Waals surface area contributed by atoms with Crippen LogP contribution in [0, 0.1) is 0 Å². The molecule has 2 aromatic rings. The first-order valence-electron chi connectivity index (χ1n) is 16.0. The maximum atomic E-state index is 14.1. The number of nitrogens with one attached hydrogen (secondary N) is 2. The van der Waals surface area contributed by atoms with E-state index in [9.17, 15) is 22.8 Å². The molecule has 0 aliphatic carbocycles. The molecule has 0 spiro atoms. The maximum Gasteiger partial charge on any atom is 0.419 e. The van der Waals surface area contributed by atoms with Gasteiger partial charge in [-0.2, -0.15) is 13.2 Å². The van der Waals surface area contributed by atoms with E-state index in [1.807, 2.05) is 6.92 Å². The van der Waals surface area contributed by atoms with Crippen LogP contribution in [-0.4, -0.2) is 95.9 Å². The van der Waals surface area contributed by atoms with Gasteiger partial charge in [-0.3, -0.25) is 14.6 Å². The number of benzene rings is 1. The molecular formula is C32H42F3N7O3S. The Morgan fingerprint density at radius 1 is 1.15 bits per heavy atom. The molecule has 2 atom stereocenters. The van der Waals surface area contributed by atoms with Crippen molar-refractivity contribution in [2.24, 2.45) is 0 Å². The molecule has 1 aromatic carbocycles. The van der Waals surface area contributed by atoms with Crippen LogP contribution in [0.5, 0.6) is 5.75 Å². The number of carbonyl (C=O) groups excluding carboxylic acids is 2. The Labute approximate surface area is 272 Å². The van der Waals surface area contributed by atoms with Crippen LogP contribution in [0.1, 0.15) is 67.6 Å². The average molecular weight is 662 g/mol. The number of nitrogens with zero attached hydrogens (tertiary/aromatic N) is 5. The molecular weight excluding hydrogens is 619 g/mol. The van der Waals surface area contributed by atoms with E-state index >= 15 is 0 Å². The summed E-state index contributed by atoms with van der Waals surface area (Å²) in [5.74, 6) is 0.0486. The number of rotatable bonds is 13. The number of piperazine rings is 1. The van der Waals surface area contributed by atoms with Gasteiger partial charge in [0.2, 0.25) is 0 Å². The lowest BCUT2D eigenvalue weighted by atomic mass is 10.1. The number of halogens is 3. The number of hydrogen-bond donors (Lipinski definition) is 2. The Morgan fingerprint density at radius 2 is 1.96 bits per heavy atom. The molecule has 10 nitrogen and oxygen atoms in total. The van der Waals surface area contributed by atoms with Gasteiger partial charge in [0, 0.05) is 56.6 Å². The van der Waals surface area contributed by atoms with Crippen molar-refractivity contribution in [3.63, 3.8) is 0 Å². The standard InChI is InChI=1S/C32H42F3N7O3S/c1-3-17-45-26-9-8-22(18-24(26)32(33,34)35)29-27(21-42-11-5-7-23(42)4-2)46-31(38-29)39-30(44)25-19-37-28(20-36-25)41-14-12-40(13-15-41)10-6-16-43/h8-9,16,18-20,23,31,38H,3-7,10-15,17,21H2,1-2H3,(H,39,44). The topological polar surface area (TPSA) is 103 Å². The van der Waals surface area contributed by atoms with E-state index in [0.29, 0.717) is 42.5 Å². The molecule has 14 heteroatoms. The normalized spacial score (nSPS) is 21.0. The fourth-order valence-corrected chi connectivity index (χ4v) is 7.26. The first kappa shape index (κ1) is 34.0. The molecule has 250 valence electrons. The van der Waals surface area contributed by atoms with Crippen LogP contribution >= 0.6 is 11.8 Å². The van der Waals surface area contributed by atoms with Gasteiger partial charge in [-0.1, -0.05) is 25.6 Å². The molecule has 2 fully saturated rings. The van der Waals surface area contributed by atoms with Crippen molar-refractivity contribution in [2.75, 3.05) is 57.3 Å². The van der Waals surface area contributed by atoms with Gasteiger partial charge in [-0.15, -0.1) is 0 Å². The highest BCUT2D eigenvalue weighted by atomic mass is 32.2. The summed E-state index contributed by atoms with van der Waals surface area (Å²) < 4.78 is 47.7. The highest BCUT2D eigenvalue weighted by molar-refractivity contribution is 8.04. The Morgan fingerprint density at radius 3 is 2.63 bits per heavy atom. The zero-order valence-corrected chi connectivity index (χ0v) is 27.1. The summed E-state index contributed by atoms with van der Waals surface area (Å²) in [6.07, 6.45) is 3.63. The Bertz CT molecular complexity index is 1380. The molecule has 0 radical (unpaired) electrons. The third kappa shape index (κ3) is 8.31. The summed E-state index contributed by atoms with van der Waals surface area (Å²) >= 11 is 1.40. The first-order valence-corrected chi connectivity index (χ1v) is 16.9. The number of thioether (sulfide) groups is 1. The zero-order chi connectivity index (χ0) is 32.7. The highest BCUT2D eigenvalue weighted by Gasteiger charge is 2.37. The second-order valence-corrected chi connectivity index (χ2v) is 12.9. The number of likely N-dealkylation sites (tertiary alicyclic amines) is 1. The SMILES string of the molecule is CCCOc1ccc(C2=C(CN3CCCC3CC)SC(NC(=O)c3cnc(N4CCN(CCC=O)CC4)cn3)N2)cc1C(F)(F)F. The van der Waals surface area contributed by atoms with Crippen molar-refractivity contribution in [1.29, 1.82) is 0 Å². The second kappa shape index (κ2) is 15.5. The van der Waals surface area contributed by atoms with E-state index < -0.39 is 23.1 Å². The van der Waals surface area contributed by atoms with Gasteiger partial charge in [0.05, 0.1) is 30.3 Å². The number of aldehydes is 1. The van der Waals surface area contributed by atoms with Crippen molar-refractivity contribution in [3.05, 3.63) is 52.3 Å². The van der Waals surface area contributed by atoms with Gasteiger partial charge in [0.15, 0.2) is 5.50 Å². The van der Waals surface area contributed by atoms with E-state index in [1.54, 1.807) is 12.3 Å². The number of hydrogen-bond acceptors (Lipinski definition) is 10. The largest absolute Gasteiger partial charge is 0.493 e. The Hall–Kier alpha value is -3.36. The van der Waals surface area contributed by atoms with Crippen LogP contribution in [0.2, 0.25) is 0 Å². The molecule has 2 saturated heterocycles. The molecule has 46 heavy (non-hydrogen) atoms. The fraction of sp³-hybridized carbons (Fsp3) is 0.562. The molecule has 1 amide bonds. The third-order valence-electron chi connectivity index (χ3n) is 8.56. The quantitative estimate of drug-likeness (QED) is 0.297. The molecule has 2 unspecified atom stereocenters. The lowest BCUT2D eigenvalue weighted by Crippen LogP contribution is -2.47. The number of aromatic nitrogens is 2. The van der Waals surface area contributed by atoms with Gasteiger partial charge in [0.25, 0.3) is 5.91 Å². The van der Waals surface area contributed by atoms with Crippen molar-refractivity contribution in [2.45, 2.75) is 63.7 Å². The number of amides is 1. The molecule has 3 aliphatic heterocycles. The monoisotopic (exact) mass is 661 g/mol. The van der Waals surface area contributed by atoms with Crippen LogP contribution in [0.4, 0.5) is 19.0 Å². The van der Waals surface area contributed by atoms with Gasteiger partial charge in [-0.05, 0) is 56.0 Å². The Kier molecular flexibility index (Phi) is 11.4. The van der Waals surface area contributed by atoms with Gasteiger partial charge in [-0.25, -0.2) is 9.97 Å². The van der Waals surface area contributed by atoms with Crippen LogP contribution < -0.4 is 20.3 Å². The molecule has 0 bridgehead atoms. The molecule has 3 aliphatic rings.